The van der Waals surface area contributed by atoms with E-state index in [2.05, 4.69) is 5.32 Å². The van der Waals surface area contributed by atoms with Gasteiger partial charge in [0.2, 0.25) is 11.8 Å². The van der Waals surface area contributed by atoms with Crippen LogP contribution >= 0.6 is 0 Å². The van der Waals surface area contributed by atoms with Crippen LogP contribution in [0.2, 0.25) is 0 Å². The molecular formula is C15H26N2O4. The topological polar surface area (TPSA) is 86.7 Å². The molecule has 1 saturated heterocycles. The van der Waals surface area contributed by atoms with Crippen molar-refractivity contribution in [3.8, 4) is 0 Å². The predicted molar refractivity (Wildman–Crippen MR) is 78.6 cm³/mol. The fourth-order valence-electron chi connectivity index (χ4n) is 2.17. The van der Waals surface area contributed by atoms with Crippen LogP contribution in [0, 0.1) is 10.8 Å². The number of nitrogens with zero attached hydrogens (tertiary/aromatic N) is 1. The molecule has 2 amide bonds. The number of carbonyl (C=O) groups excluding carboxylic acids is 2. The normalized spacial score (nSPS) is 18.2. The molecule has 6 nitrogen and oxygen atoms in total. The Morgan fingerprint density at radius 3 is 2.14 bits per heavy atom. The van der Waals surface area contributed by atoms with Crippen LogP contribution in [0.5, 0.6) is 0 Å². The minimum absolute atomic E-state index is 0.0309. The van der Waals surface area contributed by atoms with Gasteiger partial charge in [-0.1, -0.05) is 20.8 Å². The van der Waals surface area contributed by atoms with E-state index in [-0.39, 0.29) is 18.2 Å². The van der Waals surface area contributed by atoms with Crippen molar-refractivity contribution in [2.24, 2.45) is 10.8 Å². The average molecular weight is 298 g/mol. The molecule has 0 unspecified atom stereocenters. The van der Waals surface area contributed by atoms with Crippen molar-refractivity contribution < 1.29 is 19.5 Å². The van der Waals surface area contributed by atoms with E-state index >= 15 is 0 Å². The first-order chi connectivity index (χ1) is 9.56. The summed E-state index contributed by atoms with van der Waals surface area (Å²) in [5.41, 5.74) is -1.19. The first kappa shape index (κ1) is 17.5. The van der Waals surface area contributed by atoms with Gasteiger partial charge < -0.3 is 15.3 Å². The summed E-state index contributed by atoms with van der Waals surface area (Å²) in [6.45, 7) is 8.44. The van der Waals surface area contributed by atoms with Crippen LogP contribution in [0.15, 0.2) is 0 Å². The fourth-order valence-corrected chi connectivity index (χ4v) is 2.17. The Morgan fingerprint density at radius 2 is 1.71 bits per heavy atom. The Hall–Kier alpha value is -1.59. The third kappa shape index (κ3) is 4.72. The molecule has 0 atom stereocenters. The number of carboxylic acid groups (broad SMARTS) is 1. The number of nitrogens with one attached hydrogen (secondary N) is 1. The van der Waals surface area contributed by atoms with E-state index in [4.69, 9.17) is 5.11 Å². The van der Waals surface area contributed by atoms with E-state index in [0.717, 1.165) is 0 Å². The maximum Gasteiger partial charge on any atom is 0.309 e. The Balaban J connectivity index is 2.35. The van der Waals surface area contributed by atoms with E-state index < -0.39 is 16.8 Å². The molecule has 0 aliphatic carbocycles. The molecule has 2 N–H and O–H groups in total. The summed E-state index contributed by atoms with van der Waals surface area (Å²) in [4.78, 5) is 36.5. The van der Waals surface area contributed by atoms with E-state index in [1.54, 1.807) is 11.8 Å². The lowest BCUT2D eigenvalue weighted by molar-refractivity contribution is -0.153. The lowest BCUT2D eigenvalue weighted by Gasteiger charge is -2.36. The van der Waals surface area contributed by atoms with Gasteiger partial charge in [-0.05, 0) is 19.8 Å². The zero-order chi connectivity index (χ0) is 16.3. The Labute approximate surface area is 125 Å². The second-order valence-corrected chi connectivity index (χ2v) is 7.00. The third-order valence-corrected chi connectivity index (χ3v) is 4.04. The highest BCUT2D eigenvalue weighted by Gasteiger charge is 2.37. The number of carboxylic acids is 1. The van der Waals surface area contributed by atoms with Gasteiger partial charge in [0.1, 0.15) is 0 Å². The number of likely N-dealkylation sites (tertiary alicyclic amines) is 1. The van der Waals surface area contributed by atoms with E-state index in [1.807, 2.05) is 20.8 Å². The van der Waals surface area contributed by atoms with Gasteiger partial charge in [-0.2, -0.15) is 0 Å². The molecule has 0 aromatic carbocycles. The van der Waals surface area contributed by atoms with Crippen molar-refractivity contribution in [3.63, 3.8) is 0 Å². The second-order valence-electron chi connectivity index (χ2n) is 7.00. The molecule has 1 heterocycles. The van der Waals surface area contributed by atoms with Crippen molar-refractivity contribution in [3.05, 3.63) is 0 Å². The first-order valence-electron chi connectivity index (χ1n) is 7.36. The number of hydrogen-bond donors (Lipinski definition) is 2. The number of aliphatic carboxylic acids is 1. The SMILES string of the molecule is CC(C)(C)C(=O)NCCC(=O)N1CCC(C)(C(=O)O)CC1. The van der Waals surface area contributed by atoms with Crippen LogP contribution in [0.1, 0.15) is 47.0 Å². The second kappa shape index (κ2) is 6.45. The molecule has 0 aromatic rings. The lowest BCUT2D eigenvalue weighted by Crippen LogP contribution is -2.46. The standard InChI is InChI=1S/C15H26N2O4/c1-14(2,3)12(19)16-8-5-11(18)17-9-6-15(4,7-10-17)13(20)21/h5-10H2,1-4H3,(H,16,19)(H,20,21). The molecule has 6 heteroatoms. The Morgan fingerprint density at radius 1 is 1.19 bits per heavy atom. The van der Waals surface area contributed by atoms with Gasteiger partial charge in [0.15, 0.2) is 0 Å². The minimum atomic E-state index is -0.799. The highest BCUT2D eigenvalue weighted by molar-refractivity contribution is 5.82. The van der Waals surface area contributed by atoms with Gasteiger partial charge in [0.25, 0.3) is 0 Å². The van der Waals surface area contributed by atoms with E-state index in [1.165, 1.54) is 0 Å². The van der Waals surface area contributed by atoms with Gasteiger partial charge in [-0.15, -0.1) is 0 Å². The minimum Gasteiger partial charge on any atom is -0.481 e. The fraction of sp³-hybridized carbons (Fsp3) is 0.800. The zero-order valence-corrected chi connectivity index (χ0v) is 13.4. The summed E-state index contributed by atoms with van der Waals surface area (Å²) < 4.78 is 0. The molecule has 120 valence electrons. The van der Waals surface area contributed by atoms with Crippen molar-refractivity contribution in [1.82, 2.24) is 10.2 Å². The number of carbonyl (C=O) groups is 3. The number of amides is 2. The summed E-state index contributed by atoms with van der Waals surface area (Å²) in [6, 6.07) is 0. The lowest BCUT2D eigenvalue weighted by atomic mass is 9.80. The van der Waals surface area contributed by atoms with E-state index in [9.17, 15) is 14.4 Å². The van der Waals surface area contributed by atoms with Crippen molar-refractivity contribution in [2.45, 2.75) is 47.0 Å². The van der Waals surface area contributed by atoms with Gasteiger partial charge in [0, 0.05) is 31.5 Å². The molecule has 1 aliphatic rings. The Kier molecular flexibility index (Phi) is 5.36. The van der Waals surface area contributed by atoms with E-state index in [0.29, 0.717) is 32.5 Å². The highest BCUT2D eigenvalue weighted by Crippen LogP contribution is 2.31. The molecule has 1 fully saturated rings. The van der Waals surface area contributed by atoms with Gasteiger partial charge >= 0.3 is 5.97 Å². The molecule has 0 aromatic heterocycles. The summed E-state index contributed by atoms with van der Waals surface area (Å²) in [6.07, 6.45) is 1.20. The monoisotopic (exact) mass is 298 g/mol. The molecule has 21 heavy (non-hydrogen) atoms. The zero-order valence-electron chi connectivity index (χ0n) is 13.4. The smallest absolute Gasteiger partial charge is 0.309 e. The number of rotatable bonds is 4. The summed E-state index contributed by atoms with van der Waals surface area (Å²) in [5, 5.41) is 11.9. The van der Waals surface area contributed by atoms with Crippen LogP contribution in [0.25, 0.3) is 0 Å². The van der Waals surface area contributed by atoms with Crippen LogP contribution < -0.4 is 5.32 Å². The van der Waals surface area contributed by atoms with Crippen LogP contribution in [0.3, 0.4) is 0 Å². The van der Waals surface area contributed by atoms with Crippen molar-refractivity contribution in [1.29, 1.82) is 0 Å². The predicted octanol–water partition coefficient (Wildman–Crippen LogP) is 1.25. The maximum absolute atomic E-state index is 12.0. The van der Waals surface area contributed by atoms with Gasteiger partial charge in [-0.25, -0.2) is 0 Å². The van der Waals surface area contributed by atoms with Gasteiger partial charge in [0.05, 0.1) is 5.41 Å². The van der Waals surface area contributed by atoms with Crippen LogP contribution in [0.4, 0.5) is 0 Å². The summed E-state index contributed by atoms with van der Waals surface area (Å²) in [5.74, 6) is -0.906. The molecule has 0 spiro atoms. The number of hydrogen-bond acceptors (Lipinski definition) is 3. The van der Waals surface area contributed by atoms with Crippen molar-refractivity contribution >= 4 is 17.8 Å². The maximum atomic E-state index is 12.0. The quantitative estimate of drug-likeness (QED) is 0.818. The van der Waals surface area contributed by atoms with Crippen LogP contribution in [-0.4, -0.2) is 47.4 Å². The van der Waals surface area contributed by atoms with Crippen molar-refractivity contribution in [2.75, 3.05) is 19.6 Å². The molecule has 0 saturated carbocycles. The molecule has 0 radical (unpaired) electrons. The molecule has 0 bridgehead atoms. The Bertz CT molecular complexity index is 418. The summed E-state index contributed by atoms with van der Waals surface area (Å²) in [7, 11) is 0. The van der Waals surface area contributed by atoms with Gasteiger partial charge in [-0.3, -0.25) is 14.4 Å². The third-order valence-electron chi connectivity index (χ3n) is 4.04. The van der Waals surface area contributed by atoms with Crippen LogP contribution in [-0.2, 0) is 14.4 Å². The highest BCUT2D eigenvalue weighted by atomic mass is 16.4. The molecule has 1 aliphatic heterocycles. The molecular weight excluding hydrogens is 272 g/mol. The average Bonchev–Trinajstić information content (AvgIpc) is 2.38. The largest absolute Gasteiger partial charge is 0.481 e. The summed E-state index contributed by atoms with van der Waals surface area (Å²) >= 11 is 0. The molecule has 1 rings (SSSR count). The first-order valence-corrected chi connectivity index (χ1v) is 7.36. The number of piperidine rings is 1.